The molecule has 2 aromatic carbocycles. The number of benzene rings is 2. The molecule has 1 fully saturated rings. The van der Waals surface area contributed by atoms with Gasteiger partial charge in [-0.1, -0.05) is 23.7 Å². The molecule has 2 N–H and O–H groups in total. The van der Waals surface area contributed by atoms with Crippen molar-refractivity contribution in [3.63, 3.8) is 0 Å². The van der Waals surface area contributed by atoms with Crippen molar-refractivity contribution in [3.8, 4) is 5.75 Å². The SMILES string of the molecule is COc1ccc([C@H]2CN(C)C(=O)C2NC(=O)Nc2ccc(Cl)cc2)cc1. The molecule has 1 aliphatic rings. The predicted octanol–water partition coefficient (Wildman–Crippen LogP) is 3.09. The average Bonchev–Trinajstić information content (AvgIpc) is 2.92. The van der Waals surface area contributed by atoms with Gasteiger partial charge < -0.3 is 20.3 Å². The monoisotopic (exact) mass is 373 g/mol. The number of likely N-dealkylation sites (tertiary alicyclic amines) is 1. The fourth-order valence-corrected chi connectivity index (χ4v) is 3.18. The number of methoxy groups -OCH3 is 1. The smallest absolute Gasteiger partial charge is 0.319 e. The summed E-state index contributed by atoms with van der Waals surface area (Å²) in [5.74, 6) is 0.503. The van der Waals surface area contributed by atoms with Gasteiger partial charge in [-0.15, -0.1) is 0 Å². The maximum absolute atomic E-state index is 12.5. The molecule has 2 atom stereocenters. The molecule has 2 aromatic rings. The molecule has 0 aromatic heterocycles. The van der Waals surface area contributed by atoms with E-state index in [4.69, 9.17) is 16.3 Å². The van der Waals surface area contributed by atoms with Gasteiger partial charge in [0.05, 0.1) is 7.11 Å². The summed E-state index contributed by atoms with van der Waals surface area (Å²) in [5, 5.41) is 6.10. The first-order chi connectivity index (χ1) is 12.5. The third-order valence-corrected chi connectivity index (χ3v) is 4.70. The molecule has 3 amide bonds. The largest absolute Gasteiger partial charge is 0.497 e. The van der Waals surface area contributed by atoms with Crippen LogP contribution in [0.5, 0.6) is 5.75 Å². The minimum absolute atomic E-state index is 0.114. The molecule has 0 spiro atoms. The Balaban J connectivity index is 1.73. The van der Waals surface area contributed by atoms with Crippen LogP contribution in [0.2, 0.25) is 5.02 Å². The van der Waals surface area contributed by atoms with Crippen LogP contribution in [0, 0.1) is 0 Å². The summed E-state index contributed by atoms with van der Waals surface area (Å²) < 4.78 is 5.17. The zero-order chi connectivity index (χ0) is 18.7. The molecule has 0 aliphatic carbocycles. The zero-order valence-corrected chi connectivity index (χ0v) is 15.3. The number of carbonyl (C=O) groups excluding carboxylic acids is 2. The van der Waals surface area contributed by atoms with E-state index in [0.717, 1.165) is 11.3 Å². The Morgan fingerprint density at radius 2 is 1.81 bits per heavy atom. The molecule has 0 radical (unpaired) electrons. The van der Waals surface area contributed by atoms with Crippen molar-refractivity contribution in [2.75, 3.05) is 26.0 Å². The molecular weight excluding hydrogens is 354 g/mol. The summed E-state index contributed by atoms with van der Waals surface area (Å²) in [7, 11) is 3.34. The molecule has 1 saturated heterocycles. The van der Waals surface area contributed by atoms with E-state index in [1.54, 1.807) is 43.3 Å². The van der Waals surface area contributed by atoms with E-state index in [1.165, 1.54) is 0 Å². The van der Waals surface area contributed by atoms with E-state index >= 15 is 0 Å². The van der Waals surface area contributed by atoms with Crippen molar-refractivity contribution in [1.82, 2.24) is 10.2 Å². The highest BCUT2D eigenvalue weighted by Gasteiger charge is 2.40. The molecule has 1 aliphatic heterocycles. The number of anilines is 1. The maximum atomic E-state index is 12.5. The van der Waals surface area contributed by atoms with Crippen LogP contribution in [-0.4, -0.2) is 43.6 Å². The molecule has 7 heteroatoms. The molecule has 1 unspecified atom stereocenters. The Labute approximate surface area is 157 Å². The summed E-state index contributed by atoms with van der Waals surface area (Å²) in [6, 6.07) is 13.3. The first-order valence-electron chi connectivity index (χ1n) is 8.20. The third kappa shape index (κ3) is 3.91. The lowest BCUT2D eigenvalue weighted by Crippen LogP contribution is -2.44. The number of likely N-dealkylation sites (N-methyl/N-ethyl adjacent to an activating group) is 1. The van der Waals surface area contributed by atoms with Gasteiger partial charge in [-0.05, 0) is 42.0 Å². The summed E-state index contributed by atoms with van der Waals surface area (Å²) in [5.41, 5.74) is 1.58. The fraction of sp³-hybridized carbons (Fsp3) is 0.263. The Morgan fingerprint density at radius 1 is 1.15 bits per heavy atom. The Bertz CT molecular complexity index is 793. The highest BCUT2D eigenvalue weighted by atomic mass is 35.5. The van der Waals surface area contributed by atoms with Gasteiger partial charge in [0.1, 0.15) is 11.8 Å². The van der Waals surface area contributed by atoms with E-state index in [2.05, 4.69) is 10.6 Å². The number of nitrogens with zero attached hydrogens (tertiary/aromatic N) is 1. The highest BCUT2D eigenvalue weighted by Crippen LogP contribution is 2.29. The minimum atomic E-state index is -0.624. The minimum Gasteiger partial charge on any atom is -0.497 e. The van der Waals surface area contributed by atoms with Crippen LogP contribution in [0.1, 0.15) is 11.5 Å². The van der Waals surface area contributed by atoms with Gasteiger partial charge in [0.2, 0.25) is 5.91 Å². The molecule has 6 nitrogen and oxygen atoms in total. The lowest BCUT2D eigenvalue weighted by atomic mass is 9.94. The second kappa shape index (κ2) is 7.66. The van der Waals surface area contributed by atoms with Gasteiger partial charge >= 0.3 is 6.03 Å². The second-order valence-corrected chi connectivity index (χ2v) is 6.62. The van der Waals surface area contributed by atoms with Crippen molar-refractivity contribution in [3.05, 3.63) is 59.1 Å². The number of amides is 3. The first kappa shape index (κ1) is 18.1. The number of ether oxygens (including phenoxy) is 1. The van der Waals surface area contributed by atoms with Gasteiger partial charge in [0.25, 0.3) is 0 Å². The van der Waals surface area contributed by atoms with Gasteiger partial charge in [-0.3, -0.25) is 4.79 Å². The first-order valence-corrected chi connectivity index (χ1v) is 8.57. The van der Waals surface area contributed by atoms with Crippen LogP contribution >= 0.6 is 11.6 Å². The third-order valence-electron chi connectivity index (χ3n) is 4.45. The fourth-order valence-electron chi connectivity index (χ4n) is 3.05. The van der Waals surface area contributed by atoms with Crippen LogP contribution in [0.15, 0.2) is 48.5 Å². The summed E-state index contributed by atoms with van der Waals surface area (Å²) in [6.45, 7) is 0.539. The van der Waals surface area contributed by atoms with Crippen LogP contribution in [-0.2, 0) is 4.79 Å². The van der Waals surface area contributed by atoms with Crippen molar-refractivity contribution < 1.29 is 14.3 Å². The number of urea groups is 1. The van der Waals surface area contributed by atoms with Crippen molar-refractivity contribution in [2.45, 2.75) is 12.0 Å². The van der Waals surface area contributed by atoms with Crippen LogP contribution in [0.25, 0.3) is 0 Å². The number of halogens is 1. The highest BCUT2D eigenvalue weighted by molar-refractivity contribution is 6.30. The predicted molar refractivity (Wildman–Crippen MR) is 101 cm³/mol. The molecule has 3 rings (SSSR count). The Morgan fingerprint density at radius 3 is 2.42 bits per heavy atom. The molecule has 0 bridgehead atoms. The van der Waals surface area contributed by atoms with Gasteiger partial charge in [-0.2, -0.15) is 0 Å². The average molecular weight is 374 g/mol. The summed E-state index contributed by atoms with van der Waals surface area (Å²) >= 11 is 5.84. The number of hydrogen-bond acceptors (Lipinski definition) is 3. The van der Waals surface area contributed by atoms with Crippen LogP contribution < -0.4 is 15.4 Å². The van der Waals surface area contributed by atoms with Crippen molar-refractivity contribution in [2.24, 2.45) is 0 Å². The number of hydrogen-bond donors (Lipinski definition) is 2. The number of carbonyl (C=O) groups is 2. The Kier molecular flexibility index (Phi) is 5.32. The number of rotatable bonds is 4. The van der Waals surface area contributed by atoms with Crippen LogP contribution in [0.4, 0.5) is 10.5 Å². The topological polar surface area (TPSA) is 70.7 Å². The normalized spacial score (nSPS) is 19.3. The lowest BCUT2D eigenvalue weighted by molar-refractivity contribution is -0.128. The van der Waals surface area contributed by atoms with E-state index in [-0.39, 0.29) is 11.8 Å². The van der Waals surface area contributed by atoms with Gasteiger partial charge in [-0.25, -0.2) is 4.79 Å². The number of nitrogens with one attached hydrogen (secondary N) is 2. The Hall–Kier alpha value is -2.73. The molecular formula is C19H20ClN3O3. The van der Waals surface area contributed by atoms with E-state index < -0.39 is 12.1 Å². The van der Waals surface area contributed by atoms with Gasteiger partial charge in [0, 0.05) is 30.2 Å². The van der Waals surface area contributed by atoms with E-state index in [0.29, 0.717) is 17.3 Å². The van der Waals surface area contributed by atoms with Gasteiger partial charge in [0.15, 0.2) is 0 Å². The standard InChI is InChI=1S/C19H20ClN3O3/c1-23-11-16(12-3-9-15(26-2)10-4-12)17(18(23)24)22-19(25)21-14-7-5-13(20)6-8-14/h3-10,16-17H,11H2,1-2H3,(H2,21,22,25)/t16-,17?/m1/s1. The summed E-state index contributed by atoms with van der Waals surface area (Å²) in [4.78, 5) is 26.5. The van der Waals surface area contributed by atoms with Crippen LogP contribution in [0.3, 0.4) is 0 Å². The van der Waals surface area contributed by atoms with Crippen molar-refractivity contribution in [1.29, 1.82) is 0 Å². The molecule has 26 heavy (non-hydrogen) atoms. The van der Waals surface area contributed by atoms with E-state index in [1.807, 2.05) is 24.3 Å². The molecule has 136 valence electrons. The molecule has 0 saturated carbocycles. The lowest BCUT2D eigenvalue weighted by Gasteiger charge is -2.19. The van der Waals surface area contributed by atoms with E-state index in [9.17, 15) is 9.59 Å². The summed E-state index contributed by atoms with van der Waals surface area (Å²) in [6.07, 6.45) is 0. The second-order valence-electron chi connectivity index (χ2n) is 6.18. The molecule has 1 heterocycles. The quantitative estimate of drug-likeness (QED) is 0.865. The maximum Gasteiger partial charge on any atom is 0.319 e. The van der Waals surface area contributed by atoms with Crippen molar-refractivity contribution >= 4 is 29.2 Å². The zero-order valence-electron chi connectivity index (χ0n) is 14.5.